The molecular formula is C19H35N2O6S+. The molecule has 0 aromatic heterocycles. The molecule has 1 heterocycles. The Bertz CT molecular complexity index is 647. The first-order chi connectivity index (χ1) is 13.2. The molecule has 0 bridgehead atoms. The number of hydrogen-bond donors (Lipinski definition) is 3. The van der Waals surface area contributed by atoms with Gasteiger partial charge in [0, 0.05) is 6.42 Å². The molecule has 0 saturated heterocycles. The predicted molar refractivity (Wildman–Crippen MR) is 109 cm³/mol. The van der Waals surface area contributed by atoms with E-state index in [1.807, 2.05) is 0 Å². The molecular weight excluding hydrogens is 384 g/mol. The van der Waals surface area contributed by atoms with E-state index in [1.165, 1.54) is 19.3 Å². The number of carbonyl (C=O) groups is 1. The van der Waals surface area contributed by atoms with Gasteiger partial charge in [0.1, 0.15) is 31.5 Å². The number of aliphatic hydroxyl groups excluding tert-OH is 2. The van der Waals surface area contributed by atoms with Crippen molar-refractivity contribution in [2.24, 2.45) is 4.99 Å². The molecule has 28 heavy (non-hydrogen) atoms. The van der Waals surface area contributed by atoms with Crippen LogP contribution in [0, 0.1) is 0 Å². The van der Waals surface area contributed by atoms with Crippen LogP contribution in [0.2, 0.25) is 0 Å². The minimum atomic E-state index is -4.33. The summed E-state index contributed by atoms with van der Waals surface area (Å²) in [4.78, 5) is 17.0. The van der Waals surface area contributed by atoms with E-state index in [0.717, 1.165) is 12.8 Å². The van der Waals surface area contributed by atoms with E-state index in [9.17, 15) is 23.4 Å². The van der Waals surface area contributed by atoms with E-state index in [2.05, 4.69) is 24.1 Å². The Kier molecular flexibility index (Phi) is 11.1. The second kappa shape index (κ2) is 12.4. The van der Waals surface area contributed by atoms with Crippen LogP contribution in [0.1, 0.15) is 51.9 Å². The van der Waals surface area contributed by atoms with Gasteiger partial charge in [0.2, 0.25) is 5.78 Å². The molecule has 0 amide bonds. The fourth-order valence-corrected chi connectivity index (χ4v) is 4.17. The molecule has 0 aromatic carbocycles. The number of amidine groups is 1. The molecule has 9 heteroatoms. The van der Waals surface area contributed by atoms with Crippen molar-refractivity contribution in [3.8, 4) is 0 Å². The molecule has 3 N–H and O–H groups in total. The first-order valence-corrected chi connectivity index (χ1v) is 11.7. The van der Waals surface area contributed by atoms with Gasteiger partial charge in [-0.3, -0.25) is 13.8 Å². The van der Waals surface area contributed by atoms with Crippen LogP contribution in [-0.2, 0) is 14.9 Å². The van der Waals surface area contributed by atoms with Crippen LogP contribution >= 0.6 is 0 Å². The third kappa shape index (κ3) is 8.91. The topological polar surface area (TPSA) is 124 Å². The van der Waals surface area contributed by atoms with Gasteiger partial charge >= 0.3 is 0 Å². The van der Waals surface area contributed by atoms with Crippen LogP contribution in [0.5, 0.6) is 0 Å². The van der Waals surface area contributed by atoms with Gasteiger partial charge in [0.05, 0.1) is 13.2 Å². The van der Waals surface area contributed by atoms with Gasteiger partial charge in [-0.1, -0.05) is 31.9 Å². The van der Waals surface area contributed by atoms with Crippen molar-refractivity contribution in [1.82, 2.24) is 0 Å². The number of Topliss-reactive ketones (excluding diaryl/α,β-unsaturated/α-hetero) is 1. The third-order valence-corrected chi connectivity index (χ3v) is 5.70. The quantitative estimate of drug-likeness (QED) is 0.159. The van der Waals surface area contributed by atoms with Crippen molar-refractivity contribution in [1.29, 1.82) is 0 Å². The number of ketones is 1. The van der Waals surface area contributed by atoms with Gasteiger partial charge in [-0.15, -0.1) is 0 Å². The monoisotopic (exact) mass is 419 g/mol. The highest BCUT2D eigenvalue weighted by atomic mass is 32.2. The molecule has 162 valence electrons. The molecule has 1 aliphatic heterocycles. The van der Waals surface area contributed by atoms with E-state index < -0.39 is 22.0 Å². The lowest BCUT2D eigenvalue weighted by atomic mass is 10.1. The van der Waals surface area contributed by atoms with Crippen molar-refractivity contribution in [3.05, 3.63) is 12.2 Å². The first kappa shape index (κ1) is 24.9. The molecule has 0 spiro atoms. The Hall–Kier alpha value is -1.13. The summed E-state index contributed by atoms with van der Waals surface area (Å²) in [7, 11) is -4.33. The van der Waals surface area contributed by atoms with E-state index in [0.29, 0.717) is 25.9 Å². The smallest absolute Gasteiger partial charge is 0.267 e. The Labute approximate surface area is 168 Å². The zero-order valence-electron chi connectivity index (χ0n) is 16.8. The van der Waals surface area contributed by atoms with E-state index in [-0.39, 0.29) is 35.8 Å². The zero-order valence-corrected chi connectivity index (χ0v) is 17.6. The maximum Gasteiger partial charge on any atom is 0.267 e. The maximum absolute atomic E-state index is 12.7. The zero-order chi connectivity index (χ0) is 21.0. The molecule has 1 rings (SSSR count). The predicted octanol–water partition coefficient (Wildman–Crippen LogP) is 1.33. The number of unbranched alkanes of at least 4 members (excludes halogenated alkanes) is 4. The molecule has 0 aliphatic carbocycles. The average molecular weight is 420 g/mol. The summed E-state index contributed by atoms with van der Waals surface area (Å²) < 4.78 is 30.9. The van der Waals surface area contributed by atoms with Gasteiger partial charge in [0.15, 0.2) is 0 Å². The van der Waals surface area contributed by atoms with Crippen molar-refractivity contribution >= 4 is 21.7 Å². The normalized spacial score (nSPS) is 21.2. The van der Waals surface area contributed by atoms with Gasteiger partial charge in [-0.25, -0.2) is 4.99 Å². The number of allylic oxidation sites excluding steroid dienone is 2. The summed E-state index contributed by atoms with van der Waals surface area (Å²) in [6.07, 6.45) is 9.34. The fraction of sp³-hybridized carbons (Fsp3) is 0.789. The molecule has 0 fully saturated rings. The molecule has 0 saturated carbocycles. The minimum absolute atomic E-state index is 0.0428. The summed E-state index contributed by atoms with van der Waals surface area (Å²) in [6, 6.07) is 0. The number of carbonyl (C=O) groups excluding carboxylic acids is 1. The second-order valence-corrected chi connectivity index (χ2v) is 8.89. The van der Waals surface area contributed by atoms with Crippen molar-refractivity contribution in [2.45, 2.75) is 58.0 Å². The minimum Gasteiger partial charge on any atom is -0.390 e. The first-order valence-electron chi connectivity index (χ1n) is 10.1. The Balaban J connectivity index is 2.61. The van der Waals surface area contributed by atoms with Crippen LogP contribution < -0.4 is 0 Å². The van der Waals surface area contributed by atoms with Gasteiger partial charge < -0.3 is 10.2 Å². The number of aliphatic imine (C=N–C) groups is 1. The Morgan fingerprint density at radius 1 is 1.25 bits per heavy atom. The van der Waals surface area contributed by atoms with Crippen molar-refractivity contribution in [3.63, 3.8) is 0 Å². The van der Waals surface area contributed by atoms with Crippen LogP contribution in [0.3, 0.4) is 0 Å². The third-order valence-electron chi connectivity index (χ3n) is 4.90. The van der Waals surface area contributed by atoms with Crippen molar-refractivity contribution < 1.29 is 32.5 Å². The lowest BCUT2D eigenvalue weighted by Gasteiger charge is -2.34. The van der Waals surface area contributed by atoms with Gasteiger partial charge in [0.25, 0.3) is 16.0 Å². The number of aliphatic hydroxyl groups is 2. The summed E-state index contributed by atoms with van der Waals surface area (Å²) >= 11 is 0. The molecule has 8 nitrogen and oxygen atoms in total. The summed E-state index contributed by atoms with van der Waals surface area (Å²) in [6.45, 7) is 2.84. The highest BCUT2D eigenvalue weighted by Crippen LogP contribution is 2.19. The molecule has 0 radical (unpaired) electrons. The van der Waals surface area contributed by atoms with Crippen LogP contribution in [-0.4, -0.2) is 83.9 Å². The van der Waals surface area contributed by atoms with Crippen LogP contribution in [0.25, 0.3) is 0 Å². The standard InChI is InChI=1S/C19H34N2O6S/c1-2-3-4-5-6-7-8-9-10-18(24)19-20-11-12-21(19,13-14-22)15-17(23)16-28(25,26)27/h6-7,17,22-23H,2-5,8-16H2,1H3/p+1/b7-6+. The largest absolute Gasteiger partial charge is 0.390 e. The highest BCUT2D eigenvalue weighted by Gasteiger charge is 2.43. The average Bonchev–Trinajstić information content (AvgIpc) is 2.98. The van der Waals surface area contributed by atoms with E-state index in [1.54, 1.807) is 0 Å². The summed E-state index contributed by atoms with van der Waals surface area (Å²) in [5, 5.41) is 19.5. The lowest BCUT2D eigenvalue weighted by molar-refractivity contribution is -0.837. The SMILES string of the molecule is CCCCC/C=C/CCCC(=O)C1=NCC[N+]1(CCO)CC(O)CS(=O)(=O)O. The Morgan fingerprint density at radius 3 is 2.54 bits per heavy atom. The van der Waals surface area contributed by atoms with Gasteiger partial charge in [-0.2, -0.15) is 8.42 Å². The van der Waals surface area contributed by atoms with Crippen LogP contribution in [0.4, 0.5) is 0 Å². The lowest BCUT2D eigenvalue weighted by Crippen LogP contribution is -2.59. The van der Waals surface area contributed by atoms with E-state index >= 15 is 0 Å². The number of quaternary nitrogens is 1. The number of rotatable bonds is 15. The molecule has 0 aromatic rings. The molecule has 2 unspecified atom stereocenters. The van der Waals surface area contributed by atoms with E-state index in [4.69, 9.17) is 4.55 Å². The second-order valence-electron chi connectivity index (χ2n) is 7.39. The van der Waals surface area contributed by atoms with Gasteiger partial charge in [-0.05, 0) is 25.7 Å². The van der Waals surface area contributed by atoms with Crippen molar-refractivity contribution in [2.75, 3.05) is 38.5 Å². The Morgan fingerprint density at radius 2 is 1.93 bits per heavy atom. The fourth-order valence-electron chi connectivity index (χ4n) is 3.57. The molecule has 2 atom stereocenters. The summed E-state index contributed by atoms with van der Waals surface area (Å²) in [5.74, 6) is -0.650. The number of nitrogens with zero attached hydrogens (tertiary/aromatic N) is 2. The highest BCUT2D eigenvalue weighted by molar-refractivity contribution is 7.85. The number of hydrogen-bond acceptors (Lipinski definition) is 6. The van der Waals surface area contributed by atoms with Crippen LogP contribution in [0.15, 0.2) is 17.1 Å². The summed E-state index contributed by atoms with van der Waals surface area (Å²) in [5.41, 5.74) is 0. The maximum atomic E-state index is 12.7. The molecule has 1 aliphatic rings.